The monoisotopic (exact) mass is 468 g/mol. The molecule has 1 atom stereocenters. The predicted molar refractivity (Wildman–Crippen MR) is 127 cm³/mol. The van der Waals surface area contributed by atoms with Crippen LogP contribution < -0.4 is 5.56 Å². The molecule has 2 heterocycles. The van der Waals surface area contributed by atoms with Crippen LogP contribution in [-0.4, -0.2) is 42.7 Å². The van der Waals surface area contributed by atoms with E-state index < -0.39 is 10.0 Å². The first-order chi connectivity index (χ1) is 15.8. The van der Waals surface area contributed by atoms with E-state index in [1.165, 1.54) is 23.4 Å². The number of Topliss-reactive ketones (excluding diaryl/α,β-unsaturated/α-hetero) is 1. The number of ketones is 1. The SMILES string of the molecule is CCc1ccc2[nH]c(=O)c(CN(C[C@H]3CCCO3)S(=O)(=O)c3cccc(C(C)=O)c3)cc2c1. The van der Waals surface area contributed by atoms with Crippen molar-refractivity contribution in [3.63, 3.8) is 0 Å². The number of carbonyl (C=O) groups is 1. The molecule has 0 aliphatic carbocycles. The van der Waals surface area contributed by atoms with Gasteiger partial charge in [-0.2, -0.15) is 4.31 Å². The van der Waals surface area contributed by atoms with E-state index in [4.69, 9.17) is 4.74 Å². The van der Waals surface area contributed by atoms with Gasteiger partial charge in [-0.1, -0.05) is 25.1 Å². The van der Waals surface area contributed by atoms with Crippen LogP contribution in [0.2, 0.25) is 0 Å². The van der Waals surface area contributed by atoms with E-state index in [0.29, 0.717) is 23.3 Å². The number of nitrogens with zero attached hydrogens (tertiary/aromatic N) is 1. The molecule has 1 fully saturated rings. The van der Waals surface area contributed by atoms with Gasteiger partial charge in [0.05, 0.1) is 11.0 Å². The van der Waals surface area contributed by atoms with Crippen LogP contribution in [-0.2, 0) is 27.7 Å². The number of hydrogen-bond donors (Lipinski definition) is 1. The van der Waals surface area contributed by atoms with Crippen LogP contribution in [0.4, 0.5) is 0 Å². The molecule has 1 N–H and O–H groups in total. The minimum absolute atomic E-state index is 0.0266. The number of ether oxygens (including phenoxy) is 1. The number of rotatable bonds is 8. The molecule has 174 valence electrons. The van der Waals surface area contributed by atoms with Crippen molar-refractivity contribution in [2.45, 2.75) is 50.7 Å². The van der Waals surface area contributed by atoms with Gasteiger partial charge in [-0.15, -0.1) is 0 Å². The second-order valence-electron chi connectivity index (χ2n) is 8.42. The average molecular weight is 469 g/mol. The van der Waals surface area contributed by atoms with Crippen LogP contribution in [0.15, 0.2) is 58.2 Å². The van der Waals surface area contributed by atoms with E-state index in [1.807, 2.05) is 18.2 Å². The summed E-state index contributed by atoms with van der Waals surface area (Å²) in [5.74, 6) is -0.213. The largest absolute Gasteiger partial charge is 0.377 e. The highest BCUT2D eigenvalue weighted by Crippen LogP contribution is 2.24. The summed E-state index contributed by atoms with van der Waals surface area (Å²) >= 11 is 0. The third kappa shape index (κ3) is 5.08. The summed E-state index contributed by atoms with van der Waals surface area (Å²) in [6.07, 6.45) is 2.25. The molecule has 33 heavy (non-hydrogen) atoms. The molecule has 0 saturated carbocycles. The van der Waals surface area contributed by atoms with Crippen molar-refractivity contribution in [3.8, 4) is 0 Å². The number of benzene rings is 2. The first kappa shape index (κ1) is 23.4. The van der Waals surface area contributed by atoms with Crippen molar-refractivity contribution in [2.75, 3.05) is 13.2 Å². The van der Waals surface area contributed by atoms with Crippen molar-refractivity contribution in [1.29, 1.82) is 0 Å². The quantitative estimate of drug-likeness (QED) is 0.509. The molecular weight excluding hydrogens is 440 g/mol. The highest BCUT2D eigenvalue weighted by Gasteiger charge is 2.30. The number of aryl methyl sites for hydroxylation is 1. The molecule has 0 bridgehead atoms. The summed E-state index contributed by atoms with van der Waals surface area (Å²) in [7, 11) is -3.98. The Labute approximate surface area is 193 Å². The van der Waals surface area contributed by atoms with Gasteiger partial charge >= 0.3 is 0 Å². The van der Waals surface area contributed by atoms with Gasteiger partial charge in [0.1, 0.15) is 0 Å². The summed E-state index contributed by atoms with van der Waals surface area (Å²) in [5, 5.41) is 0.858. The Bertz CT molecular complexity index is 1340. The predicted octanol–water partition coefficient (Wildman–Crippen LogP) is 3.66. The number of carbonyl (C=O) groups excluding carboxylic acids is 1. The zero-order valence-corrected chi connectivity index (χ0v) is 19.7. The third-order valence-corrected chi connectivity index (χ3v) is 7.86. The lowest BCUT2D eigenvalue weighted by molar-refractivity contribution is 0.0925. The topological polar surface area (TPSA) is 96.5 Å². The van der Waals surface area contributed by atoms with Crippen LogP contribution in [0.3, 0.4) is 0 Å². The molecule has 4 rings (SSSR count). The number of aromatic amines is 1. The second-order valence-corrected chi connectivity index (χ2v) is 10.4. The van der Waals surface area contributed by atoms with Crippen molar-refractivity contribution in [2.24, 2.45) is 0 Å². The Hall–Kier alpha value is -2.81. The van der Waals surface area contributed by atoms with Gasteiger partial charge in [-0.3, -0.25) is 9.59 Å². The van der Waals surface area contributed by atoms with Crippen molar-refractivity contribution < 1.29 is 17.9 Å². The molecule has 1 saturated heterocycles. The minimum atomic E-state index is -3.98. The first-order valence-electron chi connectivity index (χ1n) is 11.2. The average Bonchev–Trinajstić information content (AvgIpc) is 3.32. The van der Waals surface area contributed by atoms with Gasteiger partial charge in [0, 0.05) is 36.3 Å². The number of pyridine rings is 1. The molecule has 0 spiro atoms. The van der Waals surface area contributed by atoms with E-state index in [-0.39, 0.29) is 35.4 Å². The van der Waals surface area contributed by atoms with Crippen molar-refractivity contribution in [1.82, 2.24) is 9.29 Å². The Morgan fingerprint density at radius 1 is 1.18 bits per heavy atom. The molecule has 1 aliphatic heterocycles. The lowest BCUT2D eigenvalue weighted by Gasteiger charge is -2.25. The van der Waals surface area contributed by atoms with Gasteiger partial charge in [-0.05, 0) is 67.5 Å². The second kappa shape index (κ2) is 9.59. The van der Waals surface area contributed by atoms with Gasteiger partial charge in [0.2, 0.25) is 10.0 Å². The van der Waals surface area contributed by atoms with E-state index in [2.05, 4.69) is 11.9 Å². The van der Waals surface area contributed by atoms with Crippen LogP contribution in [0.5, 0.6) is 0 Å². The maximum absolute atomic E-state index is 13.6. The fraction of sp³-hybridized carbons (Fsp3) is 0.360. The Kier molecular flexibility index (Phi) is 6.78. The normalized spacial score (nSPS) is 16.5. The number of sulfonamides is 1. The zero-order chi connectivity index (χ0) is 23.6. The fourth-order valence-corrected chi connectivity index (χ4v) is 5.61. The summed E-state index contributed by atoms with van der Waals surface area (Å²) in [4.78, 5) is 27.5. The van der Waals surface area contributed by atoms with Crippen LogP contribution in [0.25, 0.3) is 10.9 Å². The smallest absolute Gasteiger partial charge is 0.252 e. The van der Waals surface area contributed by atoms with E-state index in [0.717, 1.165) is 30.2 Å². The number of H-pyrrole nitrogens is 1. The van der Waals surface area contributed by atoms with E-state index in [9.17, 15) is 18.0 Å². The molecule has 0 radical (unpaired) electrons. The maximum atomic E-state index is 13.6. The lowest BCUT2D eigenvalue weighted by Crippen LogP contribution is -2.38. The highest BCUT2D eigenvalue weighted by molar-refractivity contribution is 7.89. The Morgan fingerprint density at radius 3 is 2.70 bits per heavy atom. The van der Waals surface area contributed by atoms with Gasteiger partial charge in [0.15, 0.2) is 5.78 Å². The van der Waals surface area contributed by atoms with Crippen molar-refractivity contribution in [3.05, 3.63) is 75.6 Å². The molecule has 2 aromatic carbocycles. The summed E-state index contributed by atoms with van der Waals surface area (Å²) in [6.45, 7) is 4.09. The Morgan fingerprint density at radius 2 is 2.00 bits per heavy atom. The van der Waals surface area contributed by atoms with Crippen molar-refractivity contribution >= 4 is 26.7 Å². The fourth-order valence-electron chi connectivity index (χ4n) is 4.12. The lowest BCUT2D eigenvalue weighted by atomic mass is 10.1. The first-order valence-corrected chi connectivity index (χ1v) is 12.6. The molecule has 8 heteroatoms. The summed E-state index contributed by atoms with van der Waals surface area (Å²) < 4.78 is 34.2. The minimum Gasteiger partial charge on any atom is -0.377 e. The third-order valence-electron chi connectivity index (χ3n) is 6.05. The zero-order valence-electron chi connectivity index (χ0n) is 18.8. The maximum Gasteiger partial charge on any atom is 0.252 e. The molecule has 7 nitrogen and oxygen atoms in total. The molecule has 1 aliphatic rings. The van der Waals surface area contributed by atoms with Gasteiger partial charge in [0.25, 0.3) is 5.56 Å². The number of fused-ring (bicyclic) bond motifs is 1. The number of nitrogens with one attached hydrogen (secondary N) is 1. The van der Waals surface area contributed by atoms with Crippen LogP contribution in [0.1, 0.15) is 48.2 Å². The van der Waals surface area contributed by atoms with Gasteiger partial charge in [-0.25, -0.2) is 8.42 Å². The Balaban J connectivity index is 1.74. The number of aromatic nitrogens is 1. The number of hydrogen-bond acceptors (Lipinski definition) is 5. The molecular formula is C25H28N2O5S. The molecule has 3 aromatic rings. The molecule has 0 amide bonds. The summed E-state index contributed by atoms with van der Waals surface area (Å²) in [6, 6.07) is 13.6. The summed E-state index contributed by atoms with van der Waals surface area (Å²) in [5.41, 5.74) is 2.20. The highest BCUT2D eigenvalue weighted by atomic mass is 32.2. The van der Waals surface area contributed by atoms with E-state index >= 15 is 0 Å². The van der Waals surface area contributed by atoms with Crippen LogP contribution >= 0.6 is 0 Å². The molecule has 1 aromatic heterocycles. The molecule has 0 unspecified atom stereocenters. The standard InChI is InChI=1S/C25H28N2O5S/c1-3-18-9-10-24-20(12-18)13-21(25(29)26-24)15-27(16-22-7-5-11-32-22)33(30,31)23-8-4-6-19(14-23)17(2)28/h4,6,8-10,12-14,22H,3,5,7,11,15-16H2,1-2H3,(H,26,29)/t22-/m1/s1. The van der Waals surface area contributed by atoms with E-state index in [1.54, 1.807) is 18.2 Å². The van der Waals surface area contributed by atoms with Gasteiger partial charge < -0.3 is 9.72 Å². The van der Waals surface area contributed by atoms with Crippen LogP contribution in [0, 0.1) is 0 Å².